The third kappa shape index (κ3) is 3.39. The fraction of sp³-hybridized carbons (Fsp3) is 0.400. The van der Waals surface area contributed by atoms with Gasteiger partial charge >= 0.3 is 11.8 Å². The zero-order valence-corrected chi connectivity index (χ0v) is 13.0. The molecule has 0 atom stereocenters. The van der Waals surface area contributed by atoms with Gasteiger partial charge in [0.2, 0.25) is 0 Å². The third-order valence-electron chi connectivity index (χ3n) is 3.58. The number of carbonyl (C=O) groups excluding carboxylic acids is 2. The monoisotopic (exact) mass is 305 g/mol. The van der Waals surface area contributed by atoms with Gasteiger partial charge in [-0.05, 0) is 19.4 Å². The van der Waals surface area contributed by atoms with Crippen LogP contribution in [0.25, 0.3) is 0 Å². The molecule has 6 heteroatoms. The number of benzene rings is 1. The first-order valence-corrected chi connectivity index (χ1v) is 7.29. The van der Waals surface area contributed by atoms with Crippen LogP contribution in [-0.2, 0) is 16.1 Å². The first-order valence-electron chi connectivity index (χ1n) is 6.88. The second-order valence-electron chi connectivity index (χ2n) is 5.38. The summed E-state index contributed by atoms with van der Waals surface area (Å²) >= 11 is 4.90. The third-order valence-corrected chi connectivity index (χ3v) is 3.81. The fourth-order valence-electron chi connectivity index (χ4n) is 2.33. The van der Waals surface area contributed by atoms with E-state index in [1.807, 2.05) is 38.1 Å². The molecule has 2 N–H and O–H groups in total. The van der Waals surface area contributed by atoms with Gasteiger partial charge in [-0.25, -0.2) is 0 Å². The second-order valence-corrected chi connectivity index (χ2v) is 5.82. The van der Waals surface area contributed by atoms with Crippen LogP contribution in [0.4, 0.5) is 0 Å². The Morgan fingerprint density at radius 1 is 1.19 bits per heavy atom. The summed E-state index contributed by atoms with van der Waals surface area (Å²) in [5.41, 5.74) is 7.29. The lowest BCUT2D eigenvalue weighted by Gasteiger charge is -2.36. The SMILES string of the molecule is CC(C)N1CCN(Cc2ccc(C(N)=S)cc2)C(=O)C1=O. The smallest absolute Gasteiger partial charge is 0.312 e. The van der Waals surface area contributed by atoms with Crippen LogP contribution in [0.2, 0.25) is 0 Å². The Hall–Kier alpha value is -1.95. The number of carbonyl (C=O) groups is 2. The molecule has 0 spiro atoms. The maximum atomic E-state index is 12.1. The summed E-state index contributed by atoms with van der Waals surface area (Å²) in [4.78, 5) is 27.7. The number of hydrogen-bond acceptors (Lipinski definition) is 3. The summed E-state index contributed by atoms with van der Waals surface area (Å²) in [6, 6.07) is 7.46. The van der Waals surface area contributed by atoms with Crippen LogP contribution in [0.1, 0.15) is 25.0 Å². The minimum atomic E-state index is -0.437. The van der Waals surface area contributed by atoms with Crippen LogP contribution in [-0.4, -0.2) is 45.7 Å². The number of nitrogens with two attached hydrogens (primary N) is 1. The maximum Gasteiger partial charge on any atom is 0.312 e. The topological polar surface area (TPSA) is 66.6 Å². The van der Waals surface area contributed by atoms with E-state index in [-0.39, 0.29) is 6.04 Å². The van der Waals surface area contributed by atoms with Gasteiger partial charge in [0.05, 0.1) is 0 Å². The number of piperazine rings is 1. The molecule has 1 saturated heterocycles. The highest BCUT2D eigenvalue weighted by Gasteiger charge is 2.33. The highest BCUT2D eigenvalue weighted by molar-refractivity contribution is 7.80. The molecule has 1 fully saturated rings. The second kappa shape index (κ2) is 6.22. The van der Waals surface area contributed by atoms with E-state index in [2.05, 4.69) is 0 Å². The van der Waals surface area contributed by atoms with Gasteiger partial charge in [-0.2, -0.15) is 0 Å². The standard InChI is InChI=1S/C15H19N3O2S/c1-10(2)18-8-7-17(14(19)15(18)20)9-11-3-5-12(6-4-11)13(16)21/h3-6,10H,7-9H2,1-2H3,(H2,16,21). The van der Waals surface area contributed by atoms with Crippen molar-refractivity contribution < 1.29 is 9.59 Å². The molecule has 0 radical (unpaired) electrons. The first kappa shape index (κ1) is 15.4. The number of amides is 2. The zero-order chi connectivity index (χ0) is 15.6. The van der Waals surface area contributed by atoms with Crippen molar-refractivity contribution in [2.75, 3.05) is 13.1 Å². The van der Waals surface area contributed by atoms with Gasteiger partial charge in [-0.3, -0.25) is 9.59 Å². The van der Waals surface area contributed by atoms with E-state index in [4.69, 9.17) is 18.0 Å². The van der Waals surface area contributed by atoms with E-state index in [9.17, 15) is 9.59 Å². The molecule has 0 aliphatic carbocycles. The Bertz CT molecular complexity index is 569. The van der Waals surface area contributed by atoms with E-state index < -0.39 is 11.8 Å². The zero-order valence-electron chi connectivity index (χ0n) is 12.2. The number of nitrogens with zero attached hydrogens (tertiary/aromatic N) is 2. The maximum absolute atomic E-state index is 12.1. The average molecular weight is 305 g/mol. The average Bonchev–Trinajstić information content (AvgIpc) is 2.44. The summed E-state index contributed by atoms with van der Waals surface area (Å²) in [6.45, 7) is 5.38. The minimum absolute atomic E-state index is 0.0495. The van der Waals surface area contributed by atoms with Crippen LogP contribution in [0.5, 0.6) is 0 Å². The predicted molar refractivity (Wildman–Crippen MR) is 84.6 cm³/mol. The van der Waals surface area contributed by atoms with Gasteiger partial charge < -0.3 is 15.5 Å². The Morgan fingerprint density at radius 3 is 2.33 bits per heavy atom. The molecule has 2 amide bonds. The molecule has 2 rings (SSSR count). The van der Waals surface area contributed by atoms with Gasteiger partial charge in [0.15, 0.2) is 0 Å². The molecule has 0 aromatic heterocycles. The lowest BCUT2D eigenvalue weighted by molar-refractivity contribution is -0.157. The van der Waals surface area contributed by atoms with Gasteiger partial charge in [0.1, 0.15) is 4.99 Å². The van der Waals surface area contributed by atoms with Gasteiger partial charge in [-0.15, -0.1) is 0 Å². The molecule has 0 unspecified atom stereocenters. The van der Waals surface area contributed by atoms with E-state index in [0.717, 1.165) is 11.1 Å². The van der Waals surface area contributed by atoms with E-state index >= 15 is 0 Å². The number of thiocarbonyl (C=S) groups is 1. The molecule has 112 valence electrons. The van der Waals surface area contributed by atoms with E-state index in [1.54, 1.807) is 9.80 Å². The van der Waals surface area contributed by atoms with Gasteiger partial charge in [0.25, 0.3) is 0 Å². The number of hydrogen-bond donors (Lipinski definition) is 1. The summed E-state index contributed by atoms with van der Waals surface area (Å²) in [5.74, 6) is -0.857. The van der Waals surface area contributed by atoms with Crippen LogP contribution in [0, 0.1) is 0 Å². The van der Waals surface area contributed by atoms with Crippen LogP contribution in [0.15, 0.2) is 24.3 Å². The highest BCUT2D eigenvalue weighted by Crippen LogP contribution is 2.13. The lowest BCUT2D eigenvalue weighted by atomic mass is 10.1. The normalized spacial score (nSPS) is 15.8. The highest BCUT2D eigenvalue weighted by atomic mass is 32.1. The molecule has 1 aromatic rings. The van der Waals surface area contributed by atoms with Crippen molar-refractivity contribution in [1.82, 2.24) is 9.80 Å². The Balaban J connectivity index is 2.05. The first-order chi connectivity index (χ1) is 9.90. The van der Waals surface area contributed by atoms with Crippen LogP contribution in [0.3, 0.4) is 0 Å². The van der Waals surface area contributed by atoms with Gasteiger partial charge in [0, 0.05) is 31.2 Å². The summed E-state index contributed by atoms with van der Waals surface area (Å²) in [5, 5.41) is 0. The lowest BCUT2D eigenvalue weighted by Crippen LogP contribution is -2.55. The number of rotatable bonds is 4. The molecule has 1 aromatic carbocycles. The van der Waals surface area contributed by atoms with Crippen molar-refractivity contribution in [3.8, 4) is 0 Å². The molecule has 0 saturated carbocycles. The molecule has 0 bridgehead atoms. The molecule has 1 aliphatic heterocycles. The quantitative estimate of drug-likeness (QED) is 0.663. The van der Waals surface area contributed by atoms with Crippen molar-refractivity contribution >= 4 is 29.0 Å². The molecular weight excluding hydrogens is 286 g/mol. The van der Waals surface area contributed by atoms with Crippen LogP contribution >= 0.6 is 12.2 Å². The van der Waals surface area contributed by atoms with Crippen molar-refractivity contribution in [2.24, 2.45) is 5.73 Å². The van der Waals surface area contributed by atoms with Crippen molar-refractivity contribution in [3.05, 3.63) is 35.4 Å². The fourth-order valence-corrected chi connectivity index (χ4v) is 2.46. The van der Waals surface area contributed by atoms with Crippen molar-refractivity contribution in [1.29, 1.82) is 0 Å². The van der Waals surface area contributed by atoms with E-state index in [1.165, 1.54) is 0 Å². The molecule has 1 heterocycles. The predicted octanol–water partition coefficient (Wildman–Crippen LogP) is 0.900. The summed E-state index contributed by atoms with van der Waals surface area (Å²) in [6.07, 6.45) is 0. The summed E-state index contributed by atoms with van der Waals surface area (Å²) in [7, 11) is 0. The molecule has 1 aliphatic rings. The minimum Gasteiger partial charge on any atom is -0.389 e. The molecular formula is C15H19N3O2S. The van der Waals surface area contributed by atoms with Crippen molar-refractivity contribution in [2.45, 2.75) is 26.4 Å². The Morgan fingerprint density at radius 2 is 1.81 bits per heavy atom. The van der Waals surface area contributed by atoms with Gasteiger partial charge in [-0.1, -0.05) is 36.5 Å². The Labute approximate surface area is 129 Å². The largest absolute Gasteiger partial charge is 0.389 e. The molecule has 21 heavy (non-hydrogen) atoms. The molecule has 5 nitrogen and oxygen atoms in total. The van der Waals surface area contributed by atoms with E-state index in [0.29, 0.717) is 24.6 Å². The van der Waals surface area contributed by atoms with Crippen LogP contribution < -0.4 is 5.73 Å². The Kier molecular flexibility index (Phi) is 4.57. The summed E-state index contributed by atoms with van der Waals surface area (Å²) < 4.78 is 0. The van der Waals surface area contributed by atoms with Crippen molar-refractivity contribution in [3.63, 3.8) is 0 Å².